The Hall–Kier alpha value is -2.33. The van der Waals surface area contributed by atoms with Crippen LogP contribution in [0.1, 0.15) is 29.9 Å². The third-order valence-corrected chi connectivity index (χ3v) is 5.23. The fourth-order valence-corrected chi connectivity index (χ4v) is 3.82. The monoisotopic (exact) mass is 321 g/mol. The van der Waals surface area contributed by atoms with Crippen molar-refractivity contribution in [3.63, 3.8) is 0 Å². The zero-order chi connectivity index (χ0) is 16.4. The van der Waals surface area contributed by atoms with E-state index in [0.717, 1.165) is 38.9 Å². The van der Waals surface area contributed by atoms with E-state index in [-0.39, 0.29) is 5.56 Å². The first kappa shape index (κ1) is 15.2. The van der Waals surface area contributed by atoms with Gasteiger partial charge in [0.2, 0.25) is 5.56 Å². The Kier molecular flexibility index (Phi) is 4.22. The second kappa shape index (κ2) is 6.65. The van der Waals surface area contributed by atoms with E-state index in [1.165, 1.54) is 22.0 Å². The molecule has 1 aromatic carbocycles. The van der Waals surface area contributed by atoms with Gasteiger partial charge in [-0.1, -0.05) is 18.2 Å². The summed E-state index contributed by atoms with van der Waals surface area (Å²) in [6.07, 6.45) is 7.27. The van der Waals surface area contributed by atoms with Gasteiger partial charge in [-0.3, -0.25) is 4.79 Å². The van der Waals surface area contributed by atoms with Crippen LogP contribution in [0.15, 0.2) is 53.6 Å². The molecule has 0 unspecified atom stereocenters. The molecule has 1 saturated heterocycles. The van der Waals surface area contributed by atoms with Gasteiger partial charge in [0, 0.05) is 35.9 Å². The molecule has 0 amide bonds. The molecule has 4 heteroatoms. The number of hydrogen-bond acceptors (Lipinski definition) is 2. The average Bonchev–Trinajstić information content (AvgIpc) is 3.04. The van der Waals surface area contributed by atoms with Gasteiger partial charge in [0.25, 0.3) is 0 Å². The van der Waals surface area contributed by atoms with Gasteiger partial charge in [-0.2, -0.15) is 0 Å². The second-order valence-corrected chi connectivity index (χ2v) is 6.71. The van der Waals surface area contributed by atoms with E-state index >= 15 is 0 Å². The van der Waals surface area contributed by atoms with Crippen molar-refractivity contribution in [1.82, 2.24) is 14.9 Å². The van der Waals surface area contributed by atoms with Crippen molar-refractivity contribution < 1.29 is 0 Å². The number of hydrogen-bond donors (Lipinski definition) is 2. The zero-order valence-electron chi connectivity index (χ0n) is 13.8. The summed E-state index contributed by atoms with van der Waals surface area (Å²) in [6.45, 7) is 3.32. The Labute approximate surface area is 141 Å². The maximum absolute atomic E-state index is 11.5. The largest absolute Gasteiger partial charge is 0.361 e. The van der Waals surface area contributed by atoms with Crippen molar-refractivity contribution in [3.8, 4) is 0 Å². The van der Waals surface area contributed by atoms with Crippen LogP contribution < -0.4 is 5.56 Å². The minimum absolute atomic E-state index is 0.00858. The Balaban J connectivity index is 1.34. The normalized spacial score (nSPS) is 16.7. The number of nitrogens with one attached hydrogen (secondary N) is 2. The van der Waals surface area contributed by atoms with Crippen molar-refractivity contribution in [3.05, 3.63) is 70.3 Å². The quantitative estimate of drug-likeness (QED) is 0.775. The minimum Gasteiger partial charge on any atom is -0.361 e. The molecule has 4 nitrogen and oxygen atoms in total. The van der Waals surface area contributed by atoms with Gasteiger partial charge in [-0.15, -0.1) is 0 Å². The van der Waals surface area contributed by atoms with Gasteiger partial charge >= 0.3 is 0 Å². The van der Waals surface area contributed by atoms with E-state index in [0.29, 0.717) is 5.92 Å². The van der Waals surface area contributed by atoms with Crippen molar-refractivity contribution in [2.24, 2.45) is 0 Å². The number of piperidine rings is 1. The number of H-pyrrole nitrogens is 2. The summed E-state index contributed by atoms with van der Waals surface area (Å²) < 4.78 is 0. The van der Waals surface area contributed by atoms with Crippen LogP contribution in [0.4, 0.5) is 0 Å². The number of aromatic nitrogens is 2. The molecular weight excluding hydrogens is 298 g/mol. The molecule has 124 valence electrons. The lowest BCUT2D eigenvalue weighted by Crippen LogP contribution is -2.34. The van der Waals surface area contributed by atoms with Gasteiger partial charge in [0.05, 0.1) is 0 Å². The summed E-state index contributed by atoms with van der Waals surface area (Å²) in [7, 11) is 0. The van der Waals surface area contributed by atoms with Crippen molar-refractivity contribution in [2.75, 3.05) is 19.6 Å². The Bertz CT molecular complexity index is 871. The van der Waals surface area contributed by atoms with Crippen molar-refractivity contribution in [1.29, 1.82) is 0 Å². The molecule has 24 heavy (non-hydrogen) atoms. The molecule has 0 saturated carbocycles. The highest BCUT2D eigenvalue weighted by Crippen LogP contribution is 2.27. The van der Waals surface area contributed by atoms with Crippen molar-refractivity contribution in [2.45, 2.75) is 25.2 Å². The molecule has 0 atom stereocenters. The van der Waals surface area contributed by atoms with Crippen molar-refractivity contribution >= 4 is 10.9 Å². The Morgan fingerprint density at radius 2 is 1.92 bits per heavy atom. The molecule has 1 fully saturated rings. The molecular formula is C20H23N3O. The van der Waals surface area contributed by atoms with Gasteiger partial charge in [-0.05, 0) is 61.5 Å². The molecule has 4 rings (SSSR count). The van der Waals surface area contributed by atoms with E-state index in [4.69, 9.17) is 0 Å². The Morgan fingerprint density at radius 3 is 2.75 bits per heavy atom. The van der Waals surface area contributed by atoms with Gasteiger partial charge < -0.3 is 14.9 Å². The molecule has 3 aromatic rings. The lowest BCUT2D eigenvalue weighted by molar-refractivity contribution is 0.215. The lowest BCUT2D eigenvalue weighted by Gasteiger charge is -2.32. The predicted octanol–water partition coefficient (Wildman–Crippen LogP) is 3.28. The fraction of sp³-hybridized carbons (Fsp3) is 0.350. The Morgan fingerprint density at radius 1 is 1.08 bits per heavy atom. The van der Waals surface area contributed by atoms with Gasteiger partial charge in [0.15, 0.2) is 0 Å². The third-order valence-electron chi connectivity index (χ3n) is 5.23. The molecule has 0 aliphatic carbocycles. The molecule has 0 bridgehead atoms. The van der Waals surface area contributed by atoms with Crippen LogP contribution in [-0.4, -0.2) is 34.5 Å². The highest BCUT2D eigenvalue weighted by atomic mass is 16.1. The van der Waals surface area contributed by atoms with Crippen LogP contribution >= 0.6 is 0 Å². The number of fused-ring (bicyclic) bond motifs is 1. The second-order valence-electron chi connectivity index (χ2n) is 6.71. The number of para-hydroxylation sites is 1. The van der Waals surface area contributed by atoms with E-state index < -0.39 is 0 Å². The standard InChI is InChI=1S/C20H23N3O/c24-20-13-16(5-9-21-20)15-6-10-23(11-7-15)12-8-17-14-22-19-4-2-1-3-18(17)19/h1-5,9,13-15,22H,6-8,10-12H2,(H,21,24). The first-order valence-electron chi connectivity index (χ1n) is 8.75. The first-order valence-corrected chi connectivity index (χ1v) is 8.75. The molecule has 3 heterocycles. The van der Waals surface area contributed by atoms with Gasteiger partial charge in [-0.25, -0.2) is 0 Å². The van der Waals surface area contributed by atoms with Crippen LogP contribution in [0.3, 0.4) is 0 Å². The van der Waals surface area contributed by atoms with E-state index in [1.54, 1.807) is 12.3 Å². The maximum Gasteiger partial charge on any atom is 0.248 e. The summed E-state index contributed by atoms with van der Waals surface area (Å²) in [6, 6.07) is 12.3. The number of aromatic amines is 2. The number of likely N-dealkylation sites (tertiary alicyclic amines) is 1. The molecule has 0 radical (unpaired) electrons. The third kappa shape index (κ3) is 3.15. The highest BCUT2D eigenvalue weighted by molar-refractivity contribution is 5.83. The van der Waals surface area contributed by atoms with Crippen LogP contribution in [0, 0.1) is 0 Å². The summed E-state index contributed by atoms with van der Waals surface area (Å²) in [5, 5.41) is 1.34. The van der Waals surface area contributed by atoms with Crippen LogP contribution in [0.2, 0.25) is 0 Å². The molecule has 0 spiro atoms. The number of nitrogens with zero attached hydrogens (tertiary/aromatic N) is 1. The SMILES string of the molecule is O=c1cc(C2CCN(CCc3c[nH]c4ccccc34)CC2)cc[nH]1. The zero-order valence-corrected chi connectivity index (χ0v) is 13.8. The molecule has 1 aliphatic rings. The number of pyridine rings is 1. The minimum atomic E-state index is 0.00858. The fourth-order valence-electron chi connectivity index (χ4n) is 3.82. The smallest absolute Gasteiger partial charge is 0.248 e. The summed E-state index contributed by atoms with van der Waals surface area (Å²) in [5.41, 5.74) is 3.83. The molecule has 1 aliphatic heterocycles. The van der Waals surface area contributed by atoms with Crippen LogP contribution in [0.5, 0.6) is 0 Å². The van der Waals surface area contributed by atoms with Crippen LogP contribution in [-0.2, 0) is 6.42 Å². The predicted molar refractivity (Wildman–Crippen MR) is 97.5 cm³/mol. The summed E-state index contributed by atoms with van der Waals surface area (Å²) in [5.74, 6) is 0.525. The maximum atomic E-state index is 11.5. The summed E-state index contributed by atoms with van der Waals surface area (Å²) in [4.78, 5) is 20.1. The first-order chi connectivity index (χ1) is 11.8. The molecule has 2 aromatic heterocycles. The van der Waals surface area contributed by atoms with E-state index in [2.05, 4.69) is 45.3 Å². The number of rotatable bonds is 4. The summed E-state index contributed by atoms with van der Waals surface area (Å²) >= 11 is 0. The van der Waals surface area contributed by atoms with E-state index in [9.17, 15) is 4.79 Å². The van der Waals surface area contributed by atoms with E-state index in [1.807, 2.05) is 6.07 Å². The number of benzene rings is 1. The lowest BCUT2D eigenvalue weighted by atomic mass is 9.90. The topological polar surface area (TPSA) is 51.9 Å². The van der Waals surface area contributed by atoms with Gasteiger partial charge in [0.1, 0.15) is 0 Å². The molecule has 2 N–H and O–H groups in total. The van der Waals surface area contributed by atoms with Crippen LogP contribution in [0.25, 0.3) is 10.9 Å². The highest BCUT2D eigenvalue weighted by Gasteiger charge is 2.20. The average molecular weight is 321 g/mol.